The number of carbonyl (C=O) groups is 1. The first-order valence-electron chi connectivity index (χ1n) is 6.45. The van der Waals surface area contributed by atoms with E-state index in [0.29, 0.717) is 25.7 Å². The maximum Gasteiger partial charge on any atom is 0.317 e. The third-order valence-electron chi connectivity index (χ3n) is 3.04. The van der Waals surface area contributed by atoms with Crippen LogP contribution in [0.2, 0.25) is 0 Å². The van der Waals surface area contributed by atoms with Gasteiger partial charge in [0.15, 0.2) is 0 Å². The fourth-order valence-electron chi connectivity index (χ4n) is 1.86. The summed E-state index contributed by atoms with van der Waals surface area (Å²) in [4.78, 5) is 13.4. The molecule has 0 spiro atoms. The maximum absolute atomic E-state index is 11.7. The summed E-state index contributed by atoms with van der Waals surface area (Å²) in [5.41, 5.74) is 0. The molecule has 0 heterocycles. The van der Waals surface area contributed by atoms with Gasteiger partial charge < -0.3 is 15.0 Å². The van der Waals surface area contributed by atoms with E-state index >= 15 is 0 Å². The lowest BCUT2D eigenvalue weighted by Crippen LogP contribution is -2.41. The van der Waals surface area contributed by atoms with Gasteiger partial charge in [-0.2, -0.15) is 0 Å². The Morgan fingerprint density at radius 2 is 2.35 bits per heavy atom. The molecule has 1 N–H and O–H groups in total. The highest BCUT2D eigenvalue weighted by Crippen LogP contribution is 2.16. The number of nitrogens with zero attached hydrogens (tertiary/aromatic N) is 1. The van der Waals surface area contributed by atoms with Crippen molar-refractivity contribution >= 4 is 6.03 Å². The van der Waals surface area contributed by atoms with Gasteiger partial charge in [-0.15, -0.1) is 0 Å². The van der Waals surface area contributed by atoms with E-state index in [2.05, 4.69) is 17.5 Å². The summed E-state index contributed by atoms with van der Waals surface area (Å²) in [6, 6.07) is -0.000689. The topological polar surface area (TPSA) is 41.6 Å². The molecule has 0 aromatic carbocycles. The van der Waals surface area contributed by atoms with Crippen LogP contribution in [0.15, 0.2) is 12.2 Å². The predicted octanol–water partition coefficient (Wildman–Crippen LogP) is 2.02. The molecule has 0 saturated carbocycles. The number of hydrogen-bond acceptors (Lipinski definition) is 2. The van der Waals surface area contributed by atoms with Crippen LogP contribution in [0.3, 0.4) is 0 Å². The van der Waals surface area contributed by atoms with E-state index in [4.69, 9.17) is 4.74 Å². The first-order valence-corrected chi connectivity index (χ1v) is 6.45. The van der Waals surface area contributed by atoms with Crippen LogP contribution in [-0.4, -0.2) is 44.3 Å². The molecule has 0 aromatic rings. The van der Waals surface area contributed by atoms with Crippen molar-refractivity contribution in [1.82, 2.24) is 10.2 Å². The highest BCUT2D eigenvalue weighted by Gasteiger charge is 2.13. The molecule has 1 rings (SSSR count). The Hall–Kier alpha value is -1.03. The zero-order chi connectivity index (χ0) is 12.5. The largest absolute Gasteiger partial charge is 0.380 e. The summed E-state index contributed by atoms with van der Waals surface area (Å²) >= 11 is 0. The third-order valence-corrected chi connectivity index (χ3v) is 3.04. The molecule has 0 aromatic heterocycles. The molecule has 0 saturated heterocycles. The van der Waals surface area contributed by atoms with E-state index < -0.39 is 0 Å². The molecular weight excluding hydrogens is 216 g/mol. The van der Waals surface area contributed by atoms with Crippen molar-refractivity contribution in [2.75, 3.05) is 33.4 Å². The van der Waals surface area contributed by atoms with E-state index in [0.717, 1.165) is 19.4 Å². The second-order valence-electron chi connectivity index (χ2n) is 4.46. The maximum atomic E-state index is 11.7. The van der Waals surface area contributed by atoms with Crippen LogP contribution >= 0.6 is 0 Å². The zero-order valence-corrected chi connectivity index (χ0v) is 10.9. The van der Waals surface area contributed by atoms with Crippen LogP contribution in [0.25, 0.3) is 0 Å². The van der Waals surface area contributed by atoms with E-state index in [1.54, 1.807) is 11.9 Å². The van der Waals surface area contributed by atoms with Crippen molar-refractivity contribution in [2.24, 2.45) is 5.92 Å². The second-order valence-corrected chi connectivity index (χ2v) is 4.46. The Kier molecular flexibility index (Phi) is 6.70. The molecular formula is C13H24N2O2. The first-order chi connectivity index (χ1) is 8.24. The number of urea groups is 1. The minimum atomic E-state index is -0.000689. The summed E-state index contributed by atoms with van der Waals surface area (Å²) in [5.74, 6) is 0.601. The van der Waals surface area contributed by atoms with Gasteiger partial charge in [0.2, 0.25) is 0 Å². The molecule has 2 amide bonds. The Labute approximate surface area is 104 Å². The Balaban J connectivity index is 2.12. The quantitative estimate of drug-likeness (QED) is 0.570. The smallest absolute Gasteiger partial charge is 0.317 e. The molecule has 0 bridgehead atoms. The lowest BCUT2D eigenvalue weighted by atomic mass is 9.94. The number of rotatable bonds is 6. The van der Waals surface area contributed by atoms with Crippen LogP contribution in [0, 0.1) is 5.92 Å². The van der Waals surface area contributed by atoms with Gasteiger partial charge in [-0.05, 0) is 32.1 Å². The van der Waals surface area contributed by atoms with E-state index in [1.807, 2.05) is 6.92 Å². The van der Waals surface area contributed by atoms with Gasteiger partial charge in [-0.1, -0.05) is 12.2 Å². The van der Waals surface area contributed by atoms with Crippen molar-refractivity contribution in [3.8, 4) is 0 Å². The normalized spacial score (nSPS) is 19.1. The number of carbonyl (C=O) groups excluding carboxylic acids is 1. The van der Waals surface area contributed by atoms with Gasteiger partial charge in [-0.25, -0.2) is 4.79 Å². The molecule has 98 valence electrons. The van der Waals surface area contributed by atoms with Gasteiger partial charge >= 0.3 is 6.03 Å². The SMILES string of the molecule is CCOCCN(C)C(=O)NC[C@H]1CC=CCC1. The van der Waals surface area contributed by atoms with Crippen LogP contribution in [0.1, 0.15) is 26.2 Å². The average molecular weight is 240 g/mol. The Morgan fingerprint density at radius 3 is 3.00 bits per heavy atom. The van der Waals surface area contributed by atoms with Gasteiger partial charge in [0.05, 0.1) is 6.61 Å². The molecule has 0 radical (unpaired) electrons. The molecule has 1 aliphatic carbocycles. The van der Waals surface area contributed by atoms with Gasteiger partial charge in [0.1, 0.15) is 0 Å². The number of amides is 2. The lowest BCUT2D eigenvalue weighted by molar-refractivity contribution is 0.125. The molecule has 17 heavy (non-hydrogen) atoms. The van der Waals surface area contributed by atoms with Crippen molar-refractivity contribution < 1.29 is 9.53 Å². The first kappa shape index (κ1) is 14.0. The summed E-state index contributed by atoms with van der Waals surface area (Å²) in [5, 5.41) is 2.98. The average Bonchev–Trinajstić information content (AvgIpc) is 2.37. The molecule has 1 aliphatic rings. The number of likely N-dealkylation sites (N-methyl/N-ethyl adjacent to an activating group) is 1. The Morgan fingerprint density at radius 1 is 1.53 bits per heavy atom. The highest BCUT2D eigenvalue weighted by atomic mass is 16.5. The zero-order valence-electron chi connectivity index (χ0n) is 10.9. The van der Waals surface area contributed by atoms with Crippen molar-refractivity contribution in [3.63, 3.8) is 0 Å². The van der Waals surface area contributed by atoms with Crippen LogP contribution in [-0.2, 0) is 4.74 Å². The van der Waals surface area contributed by atoms with E-state index in [-0.39, 0.29) is 6.03 Å². The van der Waals surface area contributed by atoms with Crippen molar-refractivity contribution in [1.29, 1.82) is 0 Å². The van der Waals surface area contributed by atoms with Crippen LogP contribution in [0.4, 0.5) is 4.79 Å². The summed E-state index contributed by atoms with van der Waals surface area (Å²) in [6.07, 6.45) is 7.83. The fourth-order valence-corrected chi connectivity index (χ4v) is 1.86. The Bertz CT molecular complexity index is 254. The predicted molar refractivity (Wildman–Crippen MR) is 69.0 cm³/mol. The minimum Gasteiger partial charge on any atom is -0.380 e. The van der Waals surface area contributed by atoms with E-state index in [1.165, 1.54) is 6.42 Å². The van der Waals surface area contributed by atoms with Gasteiger partial charge in [0, 0.05) is 26.7 Å². The molecule has 1 atom stereocenters. The molecule has 4 heteroatoms. The number of ether oxygens (including phenoxy) is 1. The van der Waals surface area contributed by atoms with Crippen molar-refractivity contribution in [3.05, 3.63) is 12.2 Å². The van der Waals surface area contributed by atoms with E-state index in [9.17, 15) is 4.79 Å². The van der Waals surface area contributed by atoms with Crippen LogP contribution < -0.4 is 5.32 Å². The monoisotopic (exact) mass is 240 g/mol. The second kappa shape index (κ2) is 8.12. The molecule has 0 unspecified atom stereocenters. The van der Waals surface area contributed by atoms with Gasteiger partial charge in [-0.3, -0.25) is 0 Å². The molecule has 0 fully saturated rings. The lowest BCUT2D eigenvalue weighted by Gasteiger charge is -2.22. The summed E-state index contributed by atoms with van der Waals surface area (Å²) < 4.78 is 5.22. The summed E-state index contributed by atoms with van der Waals surface area (Å²) in [7, 11) is 1.80. The number of nitrogens with one attached hydrogen (secondary N) is 1. The molecule has 4 nitrogen and oxygen atoms in total. The number of hydrogen-bond donors (Lipinski definition) is 1. The highest BCUT2D eigenvalue weighted by molar-refractivity contribution is 5.73. The van der Waals surface area contributed by atoms with Gasteiger partial charge in [0.25, 0.3) is 0 Å². The van der Waals surface area contributed by atoms with Crippen molar-refractivity contribution in [2.45, 2.75) is 26.2 Å². The summed E-state index contributed by atoms with van der Waals surface area (Å²) in [6.45, 7) is 4.68. The minimum absolute atomic E-state index is 0.000689. The number of allylic oxidation sites excluding steroid dienone is 2. The van der Waals surface area contributed by atoms with Crippen LogP contribution in [0.5, 0.6) is 0 Å². The molecule has 0 aliphatic heterocycles. The fraction of sp³-hybridized carbons (Fsp3) is 0.769. The third kappa shape index (κ3) is 5.73. The standard InChI is InChI=1S/C13H24N2O2/c1-3-17-10-9-15(2)13(16)14-11-12-7-5-4-6-8-12/h4-5,12H,3,6-11H2,1-2H3,(H,14,16)/t12-/m0/s1.